The van der Waals surface area contributed by atoms with Crippen molar-refractivity contribution in [1.82, 2.24) is 4.90 Å². The molecule has 5 rings (SSSR count). The Morgan fingerprint density at radius 3 is 1.98 bits per heavy atom. The van der Waals surface area contributed by atoms with Crippen molar-refractivity contribution in [2.45, 2.75) is 72.8 Å². The Kier molecular flexibility index (Phi) is 8.06. The Hall–Kier alpha value is -3.14. The van der Waals surface area contributed by atoms with Crippen LogP contribution in [0.3, 0.4) is 0 Å². The predicted octanol–water partition coefficient (Wildman–Crippen LogP) is 7.28. The van der Waals surface area contributed by atoms with Gasteiger partial charge in [0.25, 0.3) is 0 Å². The number of halogens is 1. The summed E-state index contributed by atoms with van der Waals surface area (Å²) in [5, 5.41) is 9.19. The molecule has 222 valence electrons. The zero-order valence-electron chi connectivity index (χ0n) is 25.1. The molecule has 1 heterocycles. The fraction of sp³-hybridized carbons (Fsp3) is 0.441. The zero-order chi connectivity index (χ0) is 30.6. The van der Waals surface area contributed by atoms with E-state index in [1.54, 1.807) is 24.3 Å². The number of ketones is 2. The van der Waals surface area contributed by atoms with Gasteiger partial charge in [-0.25, -0.2) is 4.79 Å². The SMILES string of the molecule is CCOc1cc(C2C3=C(CC(C)(C)CC3=O)N(C)C3=C2C(=O)CC(C)(C)C3)cc(I)c1OCc1ccc(C(=O)O)cc1. The van der Waals surface area contributed by atoms with E-state index in [2.05, 4.69) is 55.2 Å². The number of carboxylic acid groups (broad SMARTS) is 1. The predicted molar refractivity (Wildman–Crippen MR) is 169 cm³/mol. The minimum absolute atomic E-state index is 0.0976. The average Bonchev–Trinajstić information content (AvgIpc) is 2.88. The molecule has 3 aliphatic rings. The summed E-state index contributed by atoms with van der Waals surface area (Å²) in [4.78, 5) is 41.1. The summed E-state index contributed by atoms with van der Waals surface area (Å²) in [5.41, 5.74) is 5.08. The number of hydrogen-bond acceptors (Lipinski definition) is 6. The van der Waals surface area contributed by atoms with Gasteiger partial charge in [0.05, 0.1) is 15.7 Å². The number of carbonyl (C=O) groups is 3. The Bertz CT molecular complexity index is 1480. The van der Waals surface area contributed by atoms with Gasteiger partial charge >= 0.3 is 5.97 Å². The monoisotopic (exact) mass is 683 g/mol. The highest BCUT2D eigenvalue weighted by Gasteiger charge is 2.48. The zero-order valence-corrected chi connectivity index (χ0v) is 27.3. The van der Waals surface area contributed by atoms with Crippen LogP contribution in [0, 0.1) is 14.4 Å². The van der Waals surface area contributed by atoms with E-state index in [9.17, 15) is 19.5 Å². The maximum atomic E-state index is 13.9. The molecule has 1 N–H and O–H groups in total. The van der Waals surface area contributed by atoms with Crippen LogP contribution >= 0.6 is 22.6 Å². The topological polar surface area (TPSA) is 93.1 Å². The summed E-state index contributed by atoms with van der Waals surface area (Å²) >= 11 is 2.23. The lowest BCUT2D eigenvalue weighted by Crippen LogP contribution is -2.43. The van der Waals surface area contributed by atoms with Crippen molar-refractivity contribution in [3.63, 3.8) is 0 Å². The molecule has 0 fully saturated rings. The molecule has 2 aliphatic carbocycles. The number of Topliss-reactive ketones (excluding diaryl/α,β-unsaturated/α-hetero) is 2. The molecule has 0 spiro atoms. The third-order valence-corrected chi connectivity index (χ3v) is 9.23. The second-order valence-electron chi connectivity index (χ2n) is 13.1. The summed E-state index contributed by atoms with van der Waals surface area (Å²) in [6.45, 7) is 11.1. The number of nitrogens with zero attached hydrogens (tertiary/aromatic N) is 1. The molecule has 1 aliphatic heterocycles. The van der Waals surface area contributed by atoms with Gasteiger partial charge in [0, 0.05) is 48.3 Å². The summed E-state index contributed by atoms with van der Waals surface area (Å²) in [5.74, 6) is -0.106. The van der Waals surface area contributed by atoms with E-state index in [0.29, 0.717) is 30.9 Å². The molecule has 0 unspecified atom stereocenters. The van der Waals surface area contributed by atoms with E-state index < -0.39 is 11.9 Å². The van der Waals surface area contributed by atoms with Crippen molar-refractivity contribution in [3.8, 4) is 11.5 Å². The van der Waals surface area contributed by atoms with E-state index in [1.807, 2.05) is 26.1 Å². The van der Waals surface area contributed by atoms with Crippen LogP contribution in [0.15, 0.2) is 58.9 Å². The number of aromatic carboxylic acids is 1. The van der Waals surface area contributed by atoms with Crippen molar-refractivity contribution in [3.05, 3.63) is 79.2 Å². The van der Waals surface area contributed by atoms with E-state index in [1.165, 1.54) is 0 Å². The fourth-order valence-corrected chi connectivity index (χ4v) is 7.34. The number of ether oxygens (including phenoxy) is 2. The van der Waals surface area contributed by atoms with Crippen LogP contribution in [0.5, 0.6) is 11.5 Å². The standard InChI is InChI=1S/C34H38INO6/c1-7-41-27-13-21(12-22(35)31(27)42-18-19-8-10-20(11-9-19)32(39)40)28-29-23(14-33(2,3)16-25(29)37)36(6)24-15-34(4,5)17-26(38)30(24)28/h8-13,28H,7,14-18H2,1-6H3,(H,39,40). The van der Waals surface area contributed by atoms with Crippen LogP contribution in [0.4, 0.5) is 0 Å². The quantitative estimate of drug-likeness (QED) is 0.307. The first kappa shape index (κ1) is 30.3. The molecule has 0 bridgehead atoms. The summed E-state index contributed by atoms with van der Waals surface area (Å²) in [7, 11) is 2.01. The van der Waals surface area contributed by atoms with Crippen LogP contribution < -0.4 is 9.47 Å². The van der Waals surface area contributed by atoms with Gasteiger partial charge in [-0.05, 0) is 88.6 Å². The number of carboxylic acids is 1. The molecule has 8 heteroatoms. The number of carbonyl (C=O) groups excluding carboxylic acids is 2. The van der Waals surface area contributed by atoms with Gasteiger partial charge < -0.3 is 19.5 Å². The van der Waals surface area contributed by atoms with Gasteiger partial charge in [0.15, 0.2) is 23.1 Å². The Morgan fingerprint density at radius 1 is 0.929 bits per heavy atom. The van der Waals surface area contributed by atoms with E-state index in [-0.39, 0.29) is 34.6 Å². The van der Waals surface area contributed by atoms with Gasteiger partial charge in [0.1, 0.15) is 6.61 Å². The molecule has 0 radical (unpaired) electrons. The van der Waals surface area contributed by atoms with Gasteiger partial charge in [-0.3, -0.25) is 9.59 Å². The number of hydrogen-bond donors (Lipinski definition) is 1. The van der Waals surface area contributed by atoms with Crippen molar-refractivity contribution in [2.24, 2.45) is 10.8 Å². The molecular formula is C34H38INO6. The number of benzene rings is 2. The van der Waals surface area contributed by atoms with Crippen molar-refractivity contribution < 1.29 is 29.0 Å². The summed E-state index contributed by atoms with van der Waals surface area (Å²) in [6.07, 6.45) is 2.42. The summed E-state index contributed by atoms with van der Waals surface area (Å²) < 4.78 is 13.1. The van der Waals surface area contributed by atoms with Crippen LogP contribution in [-0.2, 0) is 16.2 Å². The Morgan fingerprint density at radius 2 is 1.48 bits per heavy atom. The van der Waals surface area contributed by atoms with E-state index >= 15 is 0 Å². The first-order valence-electron chi connectivity index (χ1n) is 14.4. The Labute approximate surface area is 261 Å². The minimum Gasteiger partial charge on any atom is -0.490 e. The van der Waals surface area contributed by atoms with Gasteiger partial charge in [0.2, 0.25) is 0 Å². The van der Waals surface area contributed by atoms with Crippen molar-refractivity contribution in [2.75, 3.05) is 13.7 Å². The van der Waals surface area contributed by atoms with E-state index in [0.717, 1.165) is 50.1 Å². The molecule has 0 atom stereocenters. The molecule has 42 heavy (non-hydrogen) atoms. The van der Waals surface area contributed by atoms with Gasteiger partial charge in [-0.15, -0.1) is 0 Å². The Balaban J connectivity index is 1.60. The molecule has 0 saturated heterocycles. The maximum absolute atomic E-state index is 13.9. The molecule has 7 nitrogen and oxygen atoms in total. The lowest BCUT2D eigenvalue weighted by atomic mass is 9.64. The first-order chi connectivity index (χ1) is 19.7. The normalized spacial score (nSPS) is 19.9. The van der Waals surface area contributed by atoms with Gasteiger partial charge in [-0.1, -0.05) is 39.8 Å². The molecule has 2 aromatic carbocycles. The number of allylic oxidation sites excluding steroid dienone is 4. The molecule has 0 saturated carbocycles. The van der Waals surface area contributed by atoms with Crippen LogP contribution in [-0.4, -0.2) is 41.2 Å². The third kappa shape index (κ3) is 5.74. The van der Waals surface area contributed by atoms with Crippen LogP contribution in [0.1, 0.15) is 87.7 Å². The smallest absolute Gasteiger partial charge is 0.335 e. The largest absolute Gasteiger partial charge is 0.490 e. The molecule has 0 aromatic heterocycles. The lowest BCUT2D eigenvalue weighted by molar-refractivity contribution is -0.119. The minimum atomic E-state index is -0.975. The molecule has 2 aromatic rings. The summed E-state index contributed by atoms with van der Waals surface area (Å²) in [6, 6.07) is 10.5. The van der Waals surface area contributed by atoms with Crippen LogP contribution in [0.25, 0.3) is 0 Å². The second kappa shape index (κ2) is 11.2. The highest BCUT2D eigenvalue weighted by molar-refractivity contribution is 14.1. The first-order valence-corrected chi connectivity index (χ1v) is 15.5. The van der Waals surface area contributed by atoms with Crippen LogP contribution in [0.2, 0.25) is 0 Å². The highest BCUT2D eigenvalue weighted by Crippen LogP contribution is 2.54. The average molecular weight is 684 g/mol. The second-order valence-corrected chi connectivity index (χ2v) is 14.3. The van der Waals surface area contributed by atoms with Crippen molar-refractivity contribution >= 4 is 40.1 Å². The maximum Gasteiger partial charge on any atom is 0.335 e. The third-order valence-electron chi connectivity index (χ3n) is 8.43. The van der Waals surface area contributed by atoms with Crippen molar-refractivity contribution in [1.29, 1.82) is 0 Å². The fourth-order valence-electron chi connectivity index (χ4n) is 6.55. The highest BCUT2D eigenvalue weighted by atomic mass is 127. The molecule has 0 amide bonds. The van der Waals surface area contributed by atoms with E-state index in [4.69, 9.17) is 9.47 Å². The lowest BCUT2D eigenvalue weighted by Gasteiger charge is -2.48. The van der Waals surface area contributed by atoms with Gasteiger partial charge in [-0.2, -0.15) is 0 Å². The number of rotatable bonds is 7. The molecular weight excluding hydrogens is 645 g/mol.